The smallest absolute Gasteiger partial charge is 0.225 e. The second kappa shape index (κ2) is 9.06. The van der Waals surface area contributed by atoms with Crippen LogP contribution in [0.4, 0.5) is 5.82 Å². The molecule has 2 aliphatic rings. The van der Waals surface area contributed by atoms with Crippen LogP contribution in [0.3, 0.4) is 0 Å². The number of hydrogen-bond donors (Lipinski definition) is 0. The number of aromatic nitrogens is 6. The Morgan fingerprint density at radius 3 is 2.62 bits per heavy atom. The minimum absolute atomic E-state index is 0.137. The zero-order valence-electron chi connectivity index (χ0n) is 19.4. The second-order valence-electron chi connectivity index (χ2n) is 9.14. The molecule has 0 spiro atoms. The number of nitrogens with zero attached hydrogens (tertiary/aromatic N) is 7. The fraction of sp³-hybridized carbons (Fsp3) is 0.440. The van der Waals surface area contributed by atoms with Crippen LogP contribution in [0, 0.1) is 0 Å². The van der Waals surface area contributed by atoms with Gasteiger partial charge < -0.3 is 18.9 Å². The third kappa shape index (κ3) is 4.23. The first-order chi connectivity index (χ1) is 16.7. The maximum Gasteiger partial charge on any atom is 0.225 e. The summed E-state index contributed by atoms with van der Waals surface area (Å²) in [5.41, 5.74) is 2.93. The summed E-state index contributed by atoms with van der Waals surface area (Å²) < 4.78 is 16.2. The van der Waals surface area contributed by atoms with Gasteiger partial charge in [-0.2, -0.15) is 10.1 Å². The van der Waals surface area contributed by atoms with Crippen molar-refractivity contribution >= 4 is 16.7 Å². The van der Waals surface area contributed by atoms with E-state index in [4.69, 9.17) is 19.4 Å². The Kier molecular flexibility index (Phi) is 5.62. The fourth-order valence-corrected chi connectivity index (χ4v) is 4.96. The monoisotopic (exact) mass is 459 g/mol. The minimum Gasteiger partial charge on any atom is -0.474 e. The third-order valence-electron chi connectivity index (χ3n) is 6.87. The largest absolute Gasteiger partial charge is 0.474 e. The van der Waals surface area contributed by atoms with Crippen LogP contribution in [-0.4, -0.2) is 61.7 Å². The topological polar surface area (TPSA) is 83.1 Å². The number of hydrogen-bond acceptors (Lipinski definition) is 7. The second-order valence-corrected chi connectivity index (χ2v) is 9.14. The zero-order valence-corrected chi connectivity index (χ0v) is 19.4. The van der Waals surface area contributed by atoms with Gasteiger partial charge in [-0.1, -0.05) is 0 Å². The molecule has 0 amide bonds. The molecule has 9 heteroatoms. The molecule has 1 saturated carbocycles. The lowest BCUT2D eigenvalue weighted by Crippen LogP contribution is -2.36. The molecule has 4 aromatic heterocycles. The van der Waals surface area contributed by atoms with E-state index in [2.05, 4.69) is 37.9 Å². The summed E-state index contributed by atoms with van der Waals surface area (Å²) in [5.74, 6) is 1.57. The van der Waals surface area contributed by atoms with Crippen LogP contribution in [0.25, 0.3) is 22.0 Å². The molecule has 5 heterocycles. The highest BCUT2D eigenvalue weighted by Gasteiger charge is 2.25. The van der Waals surface area contributed by atoms with Crippen molar-refractivity contribution in [2.75, 3.05) is 31.2 Å². The van der Waals surface area contributed by atoms with E-state index >= 15 is 0 Å². The van der Waals surface area contributed by atoms with E-state index in [0.29, 0.717) is 25.1 Å². The maximum atomic E-state index is 6.61. The minimum atomic E-state index is 0.137. The molecule has 0 radical (unpaired) electrons. The lowest BCUT2D eigenvalue weighted by atomic mass is 9.93. The van der Waals surface area contributed by atoms with Crippen molar-refractivity contribution in [2.24, 2.45) is 7.05 Å². The molecule has 9 nitrogen and oxygen atoms in total. The van der Waals surface area contributed by atoms with Crippen LogP contribution in [0.15, 0.2) is 49.4 Å². The van der Waals surface area contributed by atoms with Gasteiger partial charge in [-0.3, -0.25) is 9.67 Å². The van der Waals surface area contributed by atoms with Crippen molar-refractivity contribution in [2.45, 2.75) is 37.8 Å². The van der Waals surface area contributed by atoms with Crippen LogP contribution in [0.2, 0.25) is 0 Å². The van der Waals surface area contributed by atoms with Crippen molar-refractivity contribution < 1.29 is 9.47 Å². The number of anilines is 1. The van der Waals surface area contributed by atoms with E-state index in [0.717, 1.165) is 66.6 Å². The van der Waals surface area contributed by atoms with Crippen LogP contribution >= 0.6 is 0 Å². The zero-order chi connectivity index (χ0) is 22.9. The summed E-state index contributed by atoms with van der Waals surface area (Å²) >= 11 is 0. The molecule has 0 N–H and O–H groups in total. The van der Waals surface area contributed by atoms with E-state index in [1.807, 2.05) is 38.2 Å². The van der Waals surface area contributed by atoms with Gasteiger partial charge in [0.05, 0.1) is 36.6 Å². The average molecular weight is 460 g/mol. The number of morpholine rings is 1. The summed E-state index contributed by atoms with van der Waals surface area (Å²) in [4.78, 5) is 16.3. The number of rotatable bonds is 5. The molecule has 6 rings (SSSR count). The molecule has 176 valence electrons. The summed E-state index contributed by atoms with van der Waals surface area (Å²) in [6, 6.07) is 4.68. The van der Waals surface area contributed by atoms with Gasteiger partial charge in [-0.25, -0.2) is 4.98 Å². The number of aryl methyl sites for hydroxylation is 1. The van der Waals surface area contributed by atoms with Gasteiger partial charge in [0.1, 0.15) is 11.9 Å². The molecule has 1 aliphatic heterocycles. The molecule has 4 aromatic rings. The third-order valence-corrected chi connectivity index (χ3v) is 6.87. The summed E-state index contributed by atoms with van der Waals surface area (Å²) in [6.45, 7) is 3.06. The lowest BCUT2D eigenvalue weighted by molar-refractivity contribution is 0.121. The fourth-order valence-electron chi connectivity index (χ4n) is 4.96. The molecule has 34 heavy (non-hydrogen) atoms. The van der Waals surface area contributed by atoms with Crippen LogP contribution < -0.4 is 9.64 Å². The van der Waals surface area contributed by atoms with Crippen LogP contribution in [-0.2, 0) is 11.8 Å². The Hall–Kier alpha value is -3.46. The lowest BCUT2D eigenvalue weighted by Gasteiger charge is -2.31. The van der Waals surface area contributed by atoms with E-state index in [1.54, 1.807) is 4.68 Å². The van der Waals surface area contributed by atoms with Crippen molar-refractivity contribution in [3.63, 3.8) is 0 Å². The normalized spacial score (nSPS) is 21.1. The van der Waals surface area contributed by atoms with E-state index in [9.17, 15) is 0 Å². The van der Waals surface area contributed by atoms with Crippen molar-refractivity contribution in [3.8, 4) is 17.0 Å². The standard InChI is InChI=1S/C25H29N7O2/c1-30-16-19(15-28-30)18-12-22-23(27-14-18)13-24(31-8-10-33-11-9-31)29-25(22)34-21-4-2-20(3-5-21)32-7-6-26-17-32/h6-7,12-17,20-21H,2-5,8-11H2,1H3. The van der Waals surface area contributed by atoms with Gasteiger partial charge in [0.15, 0.2) is 0 Å². The van der Waals surface area contributed by atoms with Crippen molar-refractivity contribution in [1.82, 2.24) is 29.3 Å². The predicted molar refractivity (Wildman–Crippen MR) is 129 cm³/mol. The Balaban J connectivity index is 1.31. The van der Waals surface area contributed by atoms with E-state index in [1.165, 1.54) is 0 Å². The SMILES string of the molecule is Cn1cc(-c2cnc3cc(N4CCOCC4)nc(OC4CCC(n5ccnc5)CC4)c3c2)cn1. The van der Waals surface area contributed by atoms with Gasteiger partial charge in [-0.05, 0) is 31.7 Å². The van der Waals surface area contributed by atoms with Gasteiger partial charge in [0.25, 0.3) is 0 Å². The first-order valence-corrected chi connectivity index (χ1v) is 12.0. The summed E-state index contributed by atoms with van der Waals surface area (Å²) in [7, 11) is 1.92. The first-order valence-electron chi connectivity index (χ1n) is 12.0. The number of pyridine rings is 2. The number of imidazole rings is 1. The molecule has 0 bridgehead atoms. The van der Waals surface area contributed by atoms with Gasteiger partial charge >= 0.3 is 0 Å². The Bertz CT molecular complexity index is 1260. The predicted octanol–water partition coefficient (Wildman–Crippen LogP) is 3.63. The molecular formula is C25H29N7O2. The molecule has 1 aliphatic carbocycles. The van der Waals surface area contributed by atoms with E-state index < -0.39 is 0 Å². The average Bonchev–Trinajstić information content (AvgIpc) is 3.57. The van der Waals surface area contributed by atoms with Gasteiger partial charge in [-0.15, -0.1) is 0 Å². The highest BCUT2D eigenvalue weighted by atomic mass is 16.5. The number of fused-ring (bicyclic) bond motifs is 1. The molecule has 0 atom stereocenters. The maximum absolute atomic E-state index is 6.61. The quantitative estimate of drug-likeness (QED) is 0.451. The molecule has 0 aromatic carbocycles. The molecule has 1 saturated heterocycles. The van der Waals surface area contributed by atoms with E-state index in [-0.39, 0.29) is 6.10 Å². The highest BCUT2D eigenvalue weighted by molar-refractivity contribution is 5.89. The highest BCUT2D eigenvalue weighted by Crippen LogP contribution is 2.35. The number of ether oxygens (including phenoxy) is 2. The Morgan fingerprint density at radius 1 is 1.03 bits per heavy atom. The Labute approximate surface area is 198 Å². The van der Waals surface area contributed by atoms with Crippen molar-refractivity contribution in [1.29, 1.82) is 0 Å². The van der Waals surface area contributed by atoms with Crippen LogP contribution in [0.5, 0.6) is 5.88 Å². The van der Waals surface area contributed by atoms with Crippen LogP contribution in [0.1, 0.15) is 31.7 Å². The molecule has 0 unspecified atom stereocenters. The van der Waals surface area contributed by atoms with Gasteiger partial charge in [0, 0.05) is 68.2 Å². The summed E-state index contributed by atoms with van der Waals surface area (Å²) in [6.07, 6.45) is 15.8. The molecular weight excluding hydrogens is 430 g/mol. The van der Waals surface area contributed by atoms with Gasteiger partial charge in [0.2, 0.25) is 5.88 Å². The molecule has 2 fully saturated rings. The van der Waals surface area contributed by atoms with Crippen molar-refractivity contribution in [3.05, 3.63) is 49.4 Å². The first kappa shape index (κ1) is 21.1. The Morgan fingerprint density at radius 2 is 1.88 bits per heavy atom. The summed E-state index contributed by atoms with van der Waals surface area (Å²) in [5, 5.41) is 5.25.